The van der Waals surface area contributed by atoms with Gasteiger partial charge in [-0.3, -0.25) is 0 Å². The first-order valence-electron chi connectivity index (χ1n) is 4.68. The van der Waals surface area contributed by atoms with E-state index in [9.17, 15) is 0 Å². The Kier molecular flexibility index (Phi) is 2.23. The Hall–Kier alpha value is -1.02. The number of rotatable bonds is 1. The van der Waals surface area contributed by atoms with E-state index in [0.717, 1.165) is 6.42 Å². The topological polar surface area (TPSA) is 21.3 Å². The van der Waals surface area contributed by atoms with Crippen LogP contribution in [0.5, 0.6) is 0 Å². The number of ether oxygens (including phenoxy) is 1. The van der Waals surface area contributed by atoms with Gasteiger partial charge in [-0.2, -0.15) is 0 Å². The van der Waals surface area contributed by atoms with Crippen LogP contribution in [-0.4, -0.2) is 19.3 Å². The Morgan fingerprint density at radius 1 is 1.38 bits per heavy atom. The zero-order valence-electron chi connectivity index (χ0n) is 8.08. The van der Waals surface area contributed by atoms with Crippen LogP contribution in [0.1, 0.15) is 12.5 Å². The first-order valence-corrected chi connectivity index (χ1v) is 4.68. The van der Waals surface area contributed by atoms with Crippen LogP contribution in [0.3, 0.4) is 0 Å². The Balaban J connectivity index is 2.27. The van der Waals surface area contributed by atoms with Crippen LogP contribution in [0.2, 0.25) is 0 Å². The molecule has 0 amide bonds. The molecule has 0 saturated heterocycles. The molecule has 0 aromatic heterocycles. The molecule has 2 heteroatoms. The molecule has 1 aliphatic heterocycles. The number of anilines is 1. The number of methoxy groups -OCH3 is 1. The quantitative estimate of drug-likeness (QED) is 0.709. The zero-order valence-corrected chi connectivity index (χ0v) is 8.08. The lowest BCUT2D eigenvalue weighted by molar-refractivity contribution is 0.0878. The molecule has 13 heavy (non-hydrogen) atoms. The summed E-state index contributed by atoms with van der Waals surface area (Å²) in [4.78, 5) is 0. The predicted octanol–water partition coefficient (Wildman–Crippen LogP) is 2.06. The summed E-state index contributed by atoms with van der Waals surface area (Å²) >= 11 is 0. The van der Waals surface area contributed by atoms with Gasteiger partial charge >= 0.3 is 0 Å². The summed E-state index contributed by atoms with van der Waals surface area (Å²) in [5, 5.41) is 3.44. The van der Waals surface area contributed by atoms with Crippen molar-refractivity contribution in [1.29, 1.82) is 0 Å². The molecular formula is C11H15NO. The largest absolute Gasteiger partial charge is 0.380 e. The third-order valence-corrected chi connectivity index (χ3v) is 2.68. The SMILES string of the molecule is COC1Cc2ccccc2NC1C. The van der Waals surface area contributed by atoms with Gasteiger partial charge in [0, 0.05) is 25.3 Å². The van der Waals surface area contributed by atoms with Crippen molar-refractivity contribution in [3.8, 4) is 0 Å². The molecule has 0 fully saturated rings. The van der Waals surface area contributed by atoms with Crippen molar-refractivity contribution in [1.82, 2.24) is 0 Å². The molecule has 70 valence electrons. The molecule has 0 saturated carbocycles. The molecule has 1 heterocycles. The second kappa shape index (κ2) is 3.38. The summed E-state index contributed by atoms with van der Waals surface area (Å²) in [5.74, 6) is 0. The molecule has 1 aromatic carbocycles. The van der Waals surface area contributed by atoms with Crippen LogP contribution in [-0.2, 0) is 11.2 Å². The number of para-hydroxylation sites is 1. The van der Waals surface area contributed by atoms with E-state index in [-0.39, 0.29) is 0 Å². The highest BCUT2D eigenvalue weighted by molar-refractivity contribution is 5.54. The molecule has 0 bridgehead atoms. The van der Waals surface area contributed by atoms with Crippen molar-refractivity contribution < 1.29 is 4.74 Å². The van der Waals surface area contributed by atoms with Gasteiger partial charge < -0.3 is 10.1 Å². The standard InChI is InChI=1S/C11H15NO/c1-8-11(13-2)7-9-5-3-4-6-10(9)12-8/h3-6,8,11-12H,7H2,1-2H3. The van der Waals surface area contributed by atoms with Crippen molar-refractivity contribution >= 4 is 5.69 Å². The summed E-state index contributed by atoms with van der Waals surface area (Å²) in [6.07, 6.45) is 1.32. The van der Waals surface area contributed by atoms with Gasteiger partial charge in [-0.1, -0.05) is 18.2 Å². The third kappa shape index (κ3) is 1.54. The highest BCUT2D eigenvalue weighted by Crippen LogP contribution is 2.25. The van der Waals surface area contributed by atoms with Crippen LogP contribution in [0.25, 0.3) is 0 Å². The minimum Gasteiger partial charge on any atom is -0.380 e. The Labute approximate surface area is 78.9 Å². The van der Waals surface area contributed by atoms with Crippen LogP contribution in [0.4, 0.5) is 5.69 Å². The molecule has 1 aliphatic rings. The molecule has 2 atom stereocenters. The van der Waals surface area contributed by atoms with E-state index >= 15 is 0 Å². The van der Waals surface area contributed by atoms with Crippen LogP contribution in [0.15, 0.2) is 24.3 Å². The maximum Gasteiger partial charge on any atom is 0.0810 e. The molecule has 2 rings (SSSR count). The average Bonchev–Trinajstić information content (AvgIpc) is 2.17. The van der Waals surface area contributed by atoms with Crippen molar-refractivity contribution in [2.24, 2.45) is 0 Å². The minimum absolute atomic E-state index is 0.301. The smallest absolute Gasteiger partial charge is 0.0810 e. The normalized spacial score (nSPS) is 26.3. The third-order valence-electron chi connectivity index (χ3n) is 2.68. The lowest BCUT2D eigenvalue weighted by Crippen LogP contribution is -2.38. The summed E-state index contributed by atoms with van der Waals surface area (Å²) in [6, 6.07) is 8.81. The van der Waals surface area contributed by atoms with Gasteiger partial charge in [0.15, 0.2) is 0 Å². The van der Waals surface area contributed by atoms with Crippen molar-refractivity contribution in [3.63, 3.8) is 0 Å². The number of fused-ring (bicyclic) bond motifs is 1. The van der Waals surface area contributed by atoms with Gasteiger partial charge in [0.25, 0.3) is 0 Å². The monoisotopic (exact) mass is 177 g/mol. The van der Waals surface area contributed by atoms with Gasteiger partial charge in [0.05, 0.1) is 6.10 Å². The summed E-state index contributed by atoms with van der Waals surface area (Å²) in [5.41, 5.74) is 2.61. The van der Waals surface area contributed by atoms with Gasteiger partial charge in [0.1, 0.15) is 0 Å². The zero-order chi connectivity index (χ0) is 9.26. The Morgan fingerprint density at radius 3 is 2.92 bits per heavy atom. The molecule has 0 radical (unpaired) electrons. The van der Waals surface area contributed by atoms with E-state index in [4.69, 9.17) is 4.74 Å². The number of benzene rings is 1. The van der Waals surface area contributed by atoms with Gasteiger partial charge in [-0.05, 0) is 18.6 Å². The molecule has 0 aliphatic carbocycles. The van der Waals surface area contributed by atoms with Crippen molar-refractivity contribution in [2.45, 2.75) is 25.5 Å². The molecule has 1 aromatic rings. The fraction of sp³-hybridized carbons (Fsp3) is 0.455. The second-order valence-electron chi connectivity index (χ2n) is 3.57. The van der Waals surface area contributed by atoms with E-state index in [1.807, 2.05) is 0 Å². The Bertz CT molecular complexity index is 298. The van der Waals surface area contributed by atoms with Gasteiger partial charge in [0.2, 0.25) is 0 Å². The maximum atomic E-state index is 5.40. The fourth-order valence-electron chi connectivity index (χ4n) is 1.86. The Morgan fingerprint density at radius 2 is 2.15 bits per heavy atom. The predicted molar refractivity (Wildman–Crippen MR) is 54.0 cm³/mol. The lowest BCUT2D eigenvalue weighted by atomic mass is 9.96. The van der Waals surface area contributed by atoms with Gasteiger partial charge in [-0.15, -0.1) is 0 Å². The van der Waals surface area contributed by atoms with Crippen molar-refractivity contribution in [2.75, 3.05) is 12.4 Å². The average molecular weight is 177 g/mol. The van der Waals surface area contributed by atoms with E-state index in [0.29, 0.717) is 12.1 Å². The summed E-state index contributed by atoms with van der Waals surface area (Å²) in [7, 11) is 1.77. The first kappa shape index (κ1) is 8.57. The van der Waals surface area contributed by atoms with E-state index in [1.54, 1.807) is 7.11 Å². The minimum atomic E-state index is 0.301. The van der Waals surface area contributed by atoms with Crippen LogP contribution >= 0.6 is 0 Å². The van der Waals surface area contributed by atoms with Crippen molar-refractivity contribution in [3.05, 3.63) is 29.8 Å². The summed E-state index contributed by atoms with van der Waals surface area (Å²) in [6.45, 7) is 2.16. The van der Waals surface area contributed by atoms with E-state index in [1.165, 1.54) is 11.3 Å². The first-order chi connectivity index (χ1) is 6.31. The molecule has 0 spiro atoms. The lowest BCUT2D eigenvalue weighted by Gasteiger charge is -2.31. The molecule has 2 unspecified atom stereocenters. The van der Waals surface area contributed by atoms with Crippen LogP contribution < -0.4 is 5.32 Å². The molecule has 1 N–H and O–H groups in total. The van der Waals surface area contributed by atoms with Gasteiger partial charge in [-0.25, -0.2) is 0 Å². The number of hydrogen-bond acceptors (Lipinski definition) is 2. The van der Waals surface area contributed by atoms with E-state index in [2.05, 4.69) is 36.5 Å². The maximum absolute atomic E-state index is 5.40. The number of hydrogen-bond donors (Lipinski definition) is 1. The second-order valence-corrected chi connectivity index (χ2v) is 3.57. The molecular weight excluding hydrogens is 162 g/mol. The fourth-order valence-corrected chi connectivity index (χ4v) is 1.86. The molecule has 2 nitrogen and oxygen atoms in total. The van der Waals surface area contributed by atoms with Crippen LogP contribution in [0, 0.1) is 0 Å². The highest BCUT2D eigenvalue weighted by atomic mass is 16.5. The van der Waals surface area contributed by atoms with E-state index < -0.39 is 0 Å². The number of nitrogens with one attached hydrogen (secondary N) is 1. The summed E-state index contributed by atoms with van der Waals surface area (Å²) < 4.78 is 5.40. The highest BCUT2D eigenvalue weighted by Gasteiger charge is 2.23.